The second-order valence-corrected chi connectivity index (χ2v) is 3.65. The average Bonchev–Trinajstić information content (AvgIpc) is 2.84. The third kappa shape index (κ3) is 4.65. The maximum Gasteiger partial charge on any atom is 0.328 e. The monoisotopic (exact) mass is 276 g/mol. The van der Waals surface area contributed by atoms with Crippen LogP contribution in [0, 0.1) is 0 Å². The molecule has 7 heteroatoms. The Bertz CT molecular complexity index is 656. The lowest BCUT2D eigenvalue weighted by Crippen LogP contribution is -2.10. The van der Waals surface area contributed by atoms with Crippen molar-refractivity contribution in [2.75, 3.05) is 0 Å². The van der Waals surface area contributed by atoms with E-state index in [9.17, 15) is 14.4 Å². The standard InChI is InChI=1S/C9H8N2O.C4H4O4/c10-9(12)7-2-1-6-3-4-11-8(6)5-7;5-3(6)1-2-4(7)8/h1-5,11H,(H2,10,12);1-2H,(H,5,6)(H,7,8)/b;2-1+. The Hall–Kier alpha value is -3.09. The minimum Gasteiger partial charge on any atom is -0.478 e. The highest BCUT2D eigenvalue weighted by atomic mass is 16.4. The van der Waals surface area contributed by atoms with Crippen molar-refractivity contribution in [2.45, 2.75) is 0 Å². The highest BCUT2D eigenvalue weighted by Gasteiger charge is 2.00. The highest BCUT2D eigenvalue weighted by molar-refractivity contribution is 5.96. The van der Waals surface area contributed by atoms with Crippen LogP contribution in [0.5, 0.6) is 0 Å². The molecule has 2 rings (SSSR count). The number of rotatable bonds is 3. The lowest BCUT2D eigenvalue weighted by atomic mass is 10.1. The summed E-state index contributed by atoms with van der Waals surface area (Å²) in [7, 11) is 0. The molecule has 104 valence electrons. The molecule has 0 bridgehead atoms. The van der Waals surface area contributed by atoms with Gasteiger partial charge < -0.3 is 20.9 Å². The number of amides is 1. The fourth-order valence-electron chi connectivity index (χ4n) is 1.34. The van der Waals surface area contributed by atoms with Gasteiger partial charge in [0.1, 0.15) is 0 Å². The molecule has 1 aromatic heterocycles. The van der Waals surface area contributed by atoms with Gasteiger partial charge in [0.25, 0.3) is 0 Å². The minimum atomic E-state index is -1.26. The predicted octanol–water partition coefficient (Wildman–Crippen LogP) is 0.979. The van der Waals surface area contributed by atoms with Crippen LogP contribution in [0.2, 0.25) is 0 Å². The van der Waals surface area contributed by atoms with Crippen LogP contribution in [0.1, 0.15) is 10.4 Å². The van der Waals surface area contributed by atoms with Crippen LogP contribution in [-0.2, 0) is 9.59 Å². The molecule has 0 aliphatic rings. The summed E-state index contributed by atoms with van der Waals surface area (Å²) in [6, 6.07) is 7.28. The molecule has 20 heavy (non-hydrogen) atoms. The zero-order chi connectivity index (χ0) is 15.1. The number of benzene rings is 1. The van der Waals surface area contributed by atoms with Crippen LogP contribution in [0.15, 0.2) is 42.6 Å². The molecule has 1 aromatic carbocycles. The molecule has 0 spiro atoms. The molecule has 0 saturated heterocycles. The number of H-pyrrole nitrogens is 1. The first kappa shape index (κ1) is 15.0. The van der Waals surface area contributed by atoms with E-state index in [0.717, 1.165) is 10.9 Å². The van der Waals surface area contributed by atoms with Crippen LogP contribution >= 0.6 is 0 Å². The average molecular weight is 276 g/mol. The first-order chi connectivity index (χ1) is 9.40. The van der Waals surface area contributed by atoms with Crippen molar-refractivity contribution in [3.63, 3.8) is 0 Å². The number of carbonyl (C=O) groups excluding carboxylic acids is 1. The number of carbonyl (C=O) groups is 3. The number of aliphatic carboxylic acids is 2. The number of nitrogens with two attached hydrogens (primary N) is 1. The van der Waals surface area contributed by atoms with Crippen molar-refractivity contribution in [3.8, 4) is 0 Å². The summed E-state index contributed by atoms with van der Waals surface area (Å²) in [5.74, 6) is -2.91. The summed E-state index contributed by atoms with van der Waals surface area (Å²) in [6.45, 7) is 0. The van der Waals surface area contributed by atoms with Gasteiger partial charge >= 0.3 is 11.9 Å². The topological polar surface area (TPSA) is 133 Å². The SMILES string of the molecule is NC(=O)c1ccc2cc[nH]c2c1.O=C(O)/C=C/C(=O)O. The van der Waals surface area contributed by atoms with Gasteiger partial charge in [-0.25, -0.2) is 9.59 Å². The highest BCUT2D eigenvalue weighted by Crippen LogP contribution is 2.13. The number of carboxylic acid groups (broad SMARTS) is 2. The Kier molecular flexibility index (Phi) is 5.04. The lowest BCUT2D eigenvalue weighted by Gasteiger charge is -1.94. The summed E-state index contributed by atoms with van der Waals surface area (Å²) in [6.07, 6.45) is 2.94. The maximum absolute atomic E-state index is 10.8. The number of primary amides is 1. The molecular weight excluding hydrogens is 264 g/mol. The molecule has 2 aromatic rings. The largest absolute Gasteiger partial charge is 0.478 e. The number of hydrogen-bond acceptors (Lipinski definition) is 3. The van der Waals surface area contributed by atoms with Gasteiger partial charge in [-0.05, 0) is 23.6 Å². The summed E-state index contributed by atoms with van der Waals surface area (Å²) in [4.78, 5) is 32.9. The van der Waals surface area contributed by atoms with Gasteiger partial charge in [0, 0.05) is 29.4 Å². The van der Waals surface area contributed by atoms with Crippen molar-refractivity contribution in [3.05, 3.63) is 48.2 Å². The van der Waals surface area contributed by atoms with Gasteiger partial charge in [-0.15, -0.1) is 0 Å². The number of hydrogen-bond donors (Lipinski definition) is 4. The van der Waals surface area contributed by atoms with Gasteiger partial charge in [0.15, 0.2) is 0 Å². The van der Waals surface area contributed by atoms with Crippen molar-refractivity contribution in [1.82, 2.24) is 4.98 Å². The molecule has 0 atom stereocenters. The number of carboxylic acids is 2. The van der Waals surface area contributed by atoms with E-state index in [1.54, 1.807) is 12.1 Å². The van der Waals surface area contributed by atoms with Crippen LogP contribution in [0.25, 0.3) is 10.9 Å². The van der Waals surface area contributed by atoms with E-state index in [1.165, 1.54) is 0 Å². The number of aromatic nitrogens is 1. The predicted molar refractivity (Wildman–Crippen MR) is 71.2 cm³/mol. The lowest BCUT2D eigenvalue weighted by molar-refractivity contribution is -0.134. The second kappa shape index (κ2) is 6.74. The molecule has 1 amide bonds. The summed E-state index contributed by atoms with van der Waals surface area (Å²) >= 11 is 0. The Morgan fingerprint density at radius 1 is 1.05 bits per heavy atom. The Balaban J connectivity index is 0.000000221. The van der Waals surface area contributed by atoms with Crippen molar-refractivity contribution in [2.24, 2.45) is 5.73 Å². The molecule has 1 heterocycles. The number of fused-ring (bicyclic) bond motifs is 1. The molecule has 0 radical (unpaired) electrons. The Labute approximate surface area is 113 Å². The van der Waals surface area contributed by atoms with Gasteiger partial charge in [0.2, 0.25) is 5.91 Å². The van der Waals surface area contributed by atoms with Gasteiger partial charge in [-0.1, -0.05) is 6.07 Å². The second-order valence-electron chi connectivity index (χ2n) is 3.65. The van der Waals surface area contributed by atoms with E-state index < -0.39 is 17.8 Å². The molecule has 7 nitrogen and oxygen atoms in total. The van der Waals surface area contributed by atoms with Crippen LogP contribution in [0.3, 0.4) is 0 Å². The summed E-state index contributed by atoms with van der Waals surface area (Å²) in [5.41, 5.74) is 6.59. The molecule has 5 N–H and O–H groups in total. The Morgan fingerprint density at radius 3 is 2.15 bits per heavy atom. The van der Waals surface area contributed by atoms with E-state index in [-0.39, 0.29) is 0 Å². The molecule has 0 saturated carbocycles. The van der Waals surface area contributed by atoms with Crippen LogP contribution in [-0.4, -0.2) is 33.0 Å². The van der Waals surface area contributed by atoms with Gasteiger partial charge in [-0.2, -0.15) is 0 Å². The fraction of sp³-hybridized carbons (Fsp3) is 0. The third-order valence-electron chi connectivity index (χ3n) is 2.21. The summed E-state index contributed by atoms with van der Waals surface area (Å²) < 4.78 is 0. The van der Waals surface area contributed by atoms with E-state index in [1.807, 2.05) is 18.3 Å². The molecule has 0 fully saturated rings. The quantitative estimate of drug-likeness (QED) is 0.620. The first-order valence-electron chi connectivity index (χ1n) is 5.41. The van der Waals surface area contributed by atoms with Crippen LogP contribution < -0.4 is 5.73 Å². The van der Waals surface area contributed by atoms with E-state index in [0.29, 0.717) is 17.7 Å². The smallest absolute Gasteiger partial charge is 0.328 e. The van der Waals surface area contributed by atoms with E-state index in [2.05, 4.69) is 4.98 Å². The minimum absolute atomic E-state index is 0.397. The Morgan fingerprint density at radius 2 is 1.65 bits per heavy atom. The summed E-state index contributed by atoms with van der Waals surface area (Å²) in [5, 5.41) is 16.7. The third-order valence-corrected chi connectivity index (χ3v) is 2.21. The normalized spacial score (nSPS) is 10.0. The number of nitrogens with one attached hydrogen (secondary N) is 1. The van der Waals surface area contributed by atoms with E-state index in [4.69, 9.17) is 15.9 Å². The molecule has 0 aliphatic heterocycles. The first-order valence-corrected chi connectivity index (χ1v) is 5.41. The maximum atomic E-state index is 10.8. The molecule has 0 aliphatic carbocycles. The van der Waals surface area contributed by atoms with E-state index >= 15 is 0 Å². The van der Waals surface area contributed by atoms with Crippen molar-refractivity contribution >= 4 is 28.7 Å². The zero-order valence-corrected chi connectivity index (χ0v) is 10.2. The van der Waals surface area contributed by atoms with Gasteiger partial charge in [-0.3, -0.25) is 4.79 Å². The molecule has 0 unspecified atom stereocenters. The van der Waals surface area contributed by atoms with Crippen molar-refractivity contribution in [1.29, 1.82) is 0 Å². The molecular formula is C13H12N2O5. The fourth-order valence-corrected chi connectivity index (χ4v) is 1.34. The van der Waals surface area contributed by atoms with Crippen LogP contribution in [0.4, 0.5) is 0 Å². The zero-order valence-electron chi connectivity index (χ0n) is 10.2. The number of aromatic amines is 1. The van der Waals surface area contributed by atoms with Gasteiger partial charge in [0.05, 0.1) is 0 Å². The van der Waals surface area contributed by atoms with Crippen molar-refractivity contribution < 1.29 is 24.6 Å².